The van der Waals surface area contributed by atoms with Crippen molar-refractivity contribution in [2.45, 2.75) is 20.3 Å². The van der Waals surface area contributed by atoms with Crippen LogP contribution in [0.1, 0.15) is 23.6 Å². The normalized spacial score (nSPS) is 10.7. The number of anilines is 1. The summed E-state index contributed by atoms with van der Waals surface area (Å²) in [4.78, 5) is 23.6. The number of ether oxygens (including phenoxy) is 2. The molecule has 7 nitrogen and oxygen atoms in total. The SMILES string of the molecule is C=CCc1cc(/C=C(\C#N)C(=O)Nc2ccccc2C)cc(OCC)c1OCC(=O)O. The summed E-state index contributed by atoms with van der Waals surface area (Å²) in [6.07, 6.45) is 3.47. The third kappa shape index (κ3) is 6.47. The highest BCUT2D eigenvalue weighted by Gasteiger charge is 2.16. The largest absolute Gasteiger partial charge is 0.490 e. The zero-order valence-electron chi connectivity index (χ0n) is 17.5. The fourth-order valence-corrected chi connectivity index (χ4v) is 2.85. The quantitative estimate of drug-likeness (QED) is 0.340. The van der Waals surface area contributed by atoms with Crippen LogP contribution >= 0.6 is 0 Å². The van der Waals surface area contributed by atoms with Gasteiger partial charge in [-0.2, -0.15) is 5.26 Å². The molecule has 2 rings (SSSR count). The molecule has 0 saturated carbocycles. The van der Waals surface area contributed by atoms with Crippen molar-refractivity contribution in [3.8, 4) is 17.6 Å². The van der Waals surface area contributed by atoms with E-state index in [4.69, 9.17) is 14.6 Å². The molecule has 0 aliphatic heterocycles. The molecule has 0 aliphatic carbocycles. The van der Waals surface area contributed by atoms with Crippen LogP contribution in [-0.2, 0) is 16.0 Å². The van der Waals surface area contributed by atoms with Crippen LogP contribution in [0, 0.1) is 18.3 Å². The number of para-hydroxylation sites is 1. The summed E-state index contributed by atoms with van der Waals surface area (Å²) >= 11 is 0. The van der Waals surface area contributed by atoms with Crippen LogP contribution in [0.25, 0.3) is 6.08 Å². The third-order valence-electron chi connectivity index (χ3n) is 4.23. The zero-order valence-corrected chi connectivity index (χ0v) is 17.5. The van der Waals surface area contributed by atoms with Crippen LogP contribution in [0.2, 0.25) is 0 Å². The molecule has 0 saturated heterocycles. The molecule has 160 valence electrons. The molecule has 0 atom stereocenters. The van der Waals surface area contributed by atoms with Gasteiger partial charge in [-0.15, -0.1) is 6.58 Å². The second kappa shape index (κ2) is 11.2. The van der Waals surface area contributed by atoms with Gasteiger partial charge in [0.1, 0.15) is 11.6 Å². The first kappa shape index (κ1) is 23.2. The fourth-order valence-electron chi connectivity index (χ4n) is 2.85. The van der Waals surface area contributed by atoms with E-state index in [1.165, 1.54) is 6.08 Å². The predicted octanol–water partition coefficient (Wildman–Crippen LogP) is 4.13. The second-order valence-electron chi connectivity index (χ2n) is 6.55. The summed E-state index contributed by atoms with van der Waals surface area (Å²) < 4.78 is 11.0. The van der Waals surface area contributed by atoms with Crippen LogP contribution in [0.3, 0.4) is 0 Å². The maximum Gasteiger partial charge on any atom is 0.341 e. The summed E-state index contributed by atoms with van der Waals surface area (Å²) in [6, 6.07) is 12.5. The lowest BCUT2D eigenvalue weighted by molar-refractivity contribution is -0.139. The molecular weight excluding hydrogens is 396 g/mol. The Balaban J connectivity index is 2.44. The molecular formula is C24H24N2O5. The van der Waals surface area contributed by atoms with Crippen molar-refractivity contribution in [1.82, 2.24) is 0 Å². The molecule has 2 aromatic carbocycles. The van der Waals surface area contributed by atoms with E-state index >= 15 is 0 Å². The van der Waals surface area contributed by atoms with Gasteiger partial charge in [-0.05, 0) is 55.7 Å². The highest BCUT2D eigenvalue weighted by Crippen LogP contribution is 2.34. The Kier molecular flexibility index (Phi) is 8.41. The number of benzene rings is 2. The Hall–Kier alpha value is -4.05. The van der Waals surface area contributed by atoms with Gasteiger partial charge in [0, 0.05) is 11.3 Å². The number of hydrogen-bond acceptors (Lipinski definition) is 5. The van der Waals surface area contributed by atoms with E-state index in [1.54, 1.807) is 37.3 Å². The smallest absolute Gasteiger partial charge is 0.341 e. The van der Waals surface area contributed by atoms with Crippen LogP contribution in [0.15, 0.2) is 54.6 Å². The summed E-state index contributed by atoms with van der Waals surface area (Å²) in [7, 11) is 0. The van der Waals surface area contributed by atoms with Gasteiger partial charge in [0.05, 0.1) is 6.61 Å². The van der Waals surface area contributed by atoms with E-state index in [0.29, 0.717) is 41.3 Å². The number of aliphatic carboxylic acids is 1. The fraction of sp³-hybridized carbons (Fsp3) is 0.208. The lowest BCUT2D eigenvalue weighted by atomic mass is 10.0. The number of allylic oxidation sites excluding steroid dienone is 1. The van der Waals surface area contributed by atoms with E-state index in [9.17, 15) is 14.9 Å². The summed E-state index contributed by atoms with van der Waals surface area (Å²) in [6.45, 7) is 7.15. The number of nitrogens with one attached hydrogen (secondary N) is 1. The third-order valence-corrected chi connectivity index (χ3v) is 4.23. The van der Waals surface area contributed by atoms with Crippen molar-refractivity contribution in [2.75, 3.05) is 18.5 Å². The number of nitriles is 1. The van der Waals surface area contributed by atoms with Gasteiger partial charge >= 0.3 is 5.97 Å². The predicted molar refractivity (Wildman–Crippen MR) is 118 cm³/mol. The second-order valence-corrected chi connectivity index (χ2v) is 6.55. The molecule has 0 fully saturated rings. The summed E-state index contributed by atoms with van der Waals surface area (Å²) in [5.41, 5.74) is 2.58. The van der Waals surface area contributed by atoms with Gasteiger partial charge in [0.15, 0.2) is 18.1 Å². The number of rotatable bonds is 10. The molecule has 0 aliphatic rings. The number of nitrogens with zero attached hydrogens (tertiary/aromatic N) is 1. The van der Waals surface area contributed by atoms with Gasteiger partial charge in [-0.25, -0.2) is 4.79 Å². The topological polar surface area (TPSA) is 109 Å². The van der Waals surface area contributed by atoms with Crippen molar-refractivity contribution in [2.24, 2.45) is 0 Å². The van der Waals surface area contributed by atoms with Crippen LogP contribution in [0.5, 0.6) is 11.5 Å². The Labute approximate surface area is 181 Å². The average molecular weight is 420 g/mol. The monoisotopic (exact) mass is 420 g/mol. The lowest BCUT2D eigenvalue weighted by Gasteiger charge is -2.16. The molecule has 1 amide bonds. The zero-order chi connectivity index (χ0) is 22.8. The van der Waals surface area contributed by atoms with E-state index in [-0.39, 0.29) is 5.57 Å². The van der Waals surface area contributed by atoms with Gasteiger partial charge in [0.2, 0.25) is 0 Å². The number of carbonyl (C=O) groups is 2. The standard InChI is InChI=1S/C24H24N2O5/c1-4-8-18-11-17(13-21(30-5-2)23(18)31-15-22(27)28)12-19(14-25)24(29)26-20-10-7-6-9-16(20)3/h4,6-7,9-13H,1,5,8,15H2,2-3H3,(H,26,29)(H,27,28)/b19-12+. The van der Waals surface area contributed by atoms with Gasteiger partial charge in [0.25, 0.3) is 5.91 Å². The van der Waals surface area contributed by atoms with Gasteiger partial charge in [-0.3, -0.25) is 4.79 Å². The molecule has 0 heterocycles. The average Bonchev–Trinajstić information content (AvgIpc) is 2.73. The Morgan fingerprint density at radius 3 is 2.61 bits per heavy atom. The Morgan fingerprint density at radius 2 is 2.00 bits per heavy atom. The minimum Gasteiger partial charge on any atom is -0.490 e. The van der Waals surface area contributed by atoms with E-state index in [1.807, 2.05) is 25.1 Å². The minimum atomic E-state index is -1.12. The molecule has 2 N–H and O–H groups in total. The van der Waals surface area contributed by atoms with Crippen LogP contribution in [0.4, 0.5) is 5.69 Å². The number of hydrogen-bond donors (Lipinski definition) is 2. The first-order chi connectivity index (χ1) is 14.9. The van der Waals surface area contributed by atoms with E-state index in [0.717, 1.165) is 5.56 Å². The molecule has 2 aromatic rings. The molecule has 0 spiro atoms. The molecule has 31 heavy (non-hydrogen) atoms. The Morgan fingerprint density at radius 1 is 1.26 bits per heavy atom. The van der Waals surface area contributed by atoms with E-state index < -0.39 is 18.5 Å². The van der Waals surface area contributed by atoms with E-state index in [2.05, 4.69) is 11.9 Å². The highest BCUT2D eigenvalue weighted by molar-refractivity contribution is 6.10. The maximum absolute atomic E-state index is 12.6. The van der Waals surface area contributed by atoms with Crippen molar-refractivity contribution < 1.29 is 24.2 Å². The van der Waals surface area contributed by atoms with Gasteiger partial charge in [-0.1, -0.05) is 24.3 Å². The minimum absolute atomic E-state index is 0.0885. The number of carboxylic acid groups (broad SMARTS) is 1. The molecule has 7 heteroatoms. The lowest BCUT2D eigenvalue weighted by Crippen LogP contribution is -2.14. The molecule has 0 aromatic heterocycles. The van der Waals surface area contributed by atoms with Crippen LogP contribution < -0.4 is 14.8 Å². The maximum atomic E-state index is 12.6. The van der Waals surface area contributed by atoms with Crippen molar-refractivity contribution in [3.63, 3.8) is 0 Å². The first-order valence-electron chi connectivity index (χ1n) is 9.63. The molecule has 0 bridgehead atoms. The Bertz CT molecular complexity index is 1050. The number of carboxylic acids is 1. The summed E-state index contributed by atoms with van der Waals surface area (Å²) in [5.74, 6) is -1.03. The number of aryl methyl sites for hydroxylation is 1. The molecule has 0 radical (unpaired) electrons. The van der Waals surface area contributed by atoms with Crippen LogP contribution in [-0.4, -0.2) is 30.2 Å². The molecule has 0 unspecified atom stereocenters. The summed E-state index contributed by atoms with van der Waals surface area (Å²) in [5, 5.41) is 21.2. The van der Waals surface area contributed by atoms with Crippen molar-refractivity contribution in [1.29, 1.82) is 5.26 Å². The van der Waals surface area contributed by atoms with Crippen molar-refractivity contribution >= 4 is 23.6 Å². The number of amides is 1. The highest BCUT2D eigenvalue weighted by atomic mass is 16.5. The van der Waals surface area contributed by atoms with Crippen molar-refractivity contribution in [3.05, 3.63) is 71.3 Å². The number of carbonyl (C=O) groups excluding carboxylic acids is 1. The van der Waals surface area contributed by atoms with Gasteiger partial charge < -0.3 is 19.9 Å². The first-order valence-corrected chi connectivity index (χ1v) is 9.63.